The van der Waals surface area contributed by atoms with E-state index < -0.39 is 0 Å². The van der Waals surface area contributed by atoms with Gasteiger partial charge in [-0.15, -0.1) is 11.6 Å². The monoisotopic (exact) mass is 246 g/mol. The summed E-state index contributed by atoms with van der Waals surface area (Å²) < 4.78 is 4.99. The van der Waals surface area contributed by atoms with Crippen molar-refractivity contribution >= 4 is 34.5 Å². The molecule has 74 valence electrons. The highest BCUT2D eigenvalue weighted by Gasteiger charge is 2.14. The van der Waals surface area contributed by atoms with Crippen molar-refractivity contribution in [3.63, 3.8) is 0 Å². The van der Waals surface area contributed by atoms with Crippen molar-refractivity contribution in [1.29, 1.82) is 0 Å². The lowest BCUT2D eigenvalue weighted by atomic mass is 10.1. The van der Waals surface area contributed by atoms with Gasteiger partial charge in [-0.3, -0.25) is 0 Å². The molecule has 1 atom stereocenters. The van der Waals surface area contributed by atoms with E-state index in [-0.39, 0.29) is 5.38 Å². The molecular weight excluding hydrogens is 239 g/mol. The quantitative estimate of drug-likeness (QED) is 0.727. The fourth-order valence-electron chi connectivity index (χ4n) is 1.25. The summed E-state index contributed by atoms with van der Waals surface area (Å²) in [6, 6.07) is 3.88. The van der Waals surface area contributed by atoms with Gasteiger partial charge in [-0.25, -0.2) is 0 Å². The Morgan fingerprint density at radius 3 is 2.86 bits per heavy atom. The third-order valence-electron chi connectivity index (χ3n) is 1.98. The van der Waals surface area contributed by atoms with Crippen molar-refractivity contribution in [1.82, 2.24) is 0 Å². The van der Waals surface area contributed by atoms with Crippen LogP contribution in [-0.2, 0) is 6.42 Å². The summed E-state index contributed by atoms with van der Waals surface area (Å²) in [5.41, 5.74) is 2.09. The third kappa shape index (κ3) is 2.14. The van der Waals surface area contributed by atoms with Gasteiger partial charge >= 0.3 is 0 Å². The maximum absolute atomic E-state index is 6.20. The molecule has 0 aromatic carbocycles. The summed E-state index contributed by atoms with van der Waals surface area (Å²) in [6.45, 7) is 0. The molecule has 1 nitrogen and oxygen atoms in total. The van der Waals surface area contributed by atoms with Crippen LogP contribution in [0.3, 0.4) is 0 Å². The molecule has 2 heterocycles. The van der Waals surface area contributed by atoms with Gasteiger partial charge < -0.3 is 4.42 Å². The Hall–Kier alpha value is -0.440. The SMILES string of the molecule is Clc1occc1C(Cl)Cc1ccsc1. The molecule has 0 spiro atoms. The van der Waals surface area contributed by atoms with Crippen LogP contribution in [0.4, 0.5) is 0 Å². The van der Waals surface area contributed by atoms with E-state index in [1.54, 1.807) is 17.6 Å². The summed E-state index contributed by atoms with van der Waals surface area (Å²) in [5, 5.41) is 4.40. The van der Waals surface area contributed by atoms with E-state index in [9.17, 15) is 0 Å². The first-order valence-corrected chi connectivity index (χ1v) is 5.91. The normalized spacial score (nSPS) is 13.0. The second kappa shape index (κ2) is 4.39. The van der Waals surface area contributed by atoms with Gasteiger partial charge in [0.15, 0.2) is 5.22 Å². The minimum Gasteiger partial charge on any atom is -0.453 e. The van der Waals surface area contributed by atoms with Crippen LogP contribution >= 0.6 is 34.5 Å². The van der Waals surface area contributed by atoms with Gasteiger partial charge in [-0.1, -0.05) is 0 Å². The van der Waals surface area contributed by atoms with Crippen LogP contribution in [0.15, 0.2) is 33.6 Å². The first kappa shape index (κ1) is 10.1. The van der Waals surface area contributed by atoms with Crippen molar-refractivity contribution in [3.8, 4) is 0 Å². The van der Waals surface area contributed by atoms with Gasteiger partial charge in [0.05, 0.1) is 11.6 Å². The lowest BCUT2D eigenvalue weighted by Crippen LogP contribution is -1.93. The van der Waals surface area contributed by atoms with Crippen molar-refractivity contribution in [2.75, 3.05) is 0 Å². The average Bonchev–Trinajstić information content (AvgIpc) is 2.75. The van der Waals surface area contributed by atoms with Crippen LogP contribution in [0.1, 0.15) is 16.5 Å². The van der Waals surface area contributed by atoms with E-state index in [1.165, 1.54) is 5.56 Å². The molecule has 0 radical (unpaired) electrons. The molecule has 2 aromatic heterocycles. The van der Waals surface area contributed by atoms with Crippen LogP contribution < -0.4 is 0 Å². The zero-order valence-electron chi connectivity index (χ0n) is 7.24. The maximum atomic E-state index is 6.20. The largest absolute Gasteiger partial charge is 0.453 e. The Morgan fingerprint density at radius 1 is 1.43 bits per heavy atom. The van der Waals surface area contributed by atoms with E-state index in [0.29, 0.717) is 5.22 Å². The highest BCUT2D eigenvalue weighted by atomic mass is 35.5. The number of alkyl halides is 1. The second-order valence-electron chi connectivity index (χ2n) is 2.95. The first-order chi connectivity index (χ1) is 6.77. The summed E-state index contributed by atoms with van der Waals surface area (Å²) >= 11 is 13.7. The van der Waals surface area contributed by atoms with Gasteiger partial charge in [-0.2, -0.15) is 11.3 Å². The number of thiophene rings is 1. The van der Waals surface area contributed by atoms with Crippen molar-refractivity contribution in [2.45, 2.75) is 11.8 Å². The van der Waals surface area contributed by atoms with Gasteiger partial charge in [-0.05, 0) is 46.5 Å². The number of furan rings is 1. The minimum absolute atomic E-state index is 0.115. The van der Waals surface area contributed by atoms with Crippen molar-refractivity contribution in [2.24, 2.45) is 0 Å². The third-order valence-corrected chi connectivity index (χ3v) is 3.41. The van der Waals surface area contributed by atoms with E-state index in [2.05, 4.69) is 11.4 Å². The lowest BCUT2D eigenvalue weighted by Gasteiger charge is -2.05. The Balaban J connectivity index is 2.10. The van der Waals surface area contributed by atoms with E-state index in [0.717, 1.165) is 12.0 Å². The molecule has 0 saturated carbocycles. The second-order valence-corrected chi connectivity index (χ2v) is 4.60. The maximum Gasteiger partial charge on any atom is 0.197 e. The molecule has 2 aromatic rings. The Labute approximate surface area is 96.3 Å². The highest BCUT2D eigenvalue weighted by molar-refractivity contribution is 7.07. The molecule has 0 aliphatic carbocycles. The molecule has 4 heteroatoms. The lowest BCUT2D eigenvalue weighted by molar-refractivity contribution is 0.565. The van der Waals surface area contributed by atoms with Crippen LogP contribution in [0.2, 0.25) is 5.22 Å². The summed E-state index contributed by atoms with van der Waals surface area (Å²) in [5.74, 6) is 0. The number of halogens is 2. The van der Waals surface area contributed by atoms with E-state index in [4.69, 9.17) is 27.6 Å². The van der Waals surface area contributed by atoms with Crippen LogP contribution in [0, 0.1) is 0 Å². The molecule has 0 aliphatic heterocycles. The van der Waals surface area contributed by atoms with Crippen molar-refractivity contribution < 1.29 is 4.42 Å². The Bertz CT molecular complexity index is 394. The predicted octanol–water partition coefficient (Wildman–Crippen LogP) is 4.52. The standard InChI is InChI=1S/C10H8Cl2OS/c11-9(5-7-2-4-14-6-7)8-1-3-13-10(8)12/h1-4,6,9H,5H2. The highest BCUT2D eigenvalue weighted by Crippen LogP contribution is 2.31. The fraction of sp³-hybridized carbons (Fsp3) is 0.200. The topological polar surface area (TPSA) is 13.1 Å². The zero-order valence-corrected chi connectivity index (χ0v) is 9.57. The van der Waals surface area contributed by atoms with Gasteiger partial charge in [0.1, 0.15) is 0 Å². The Kier molecular flexibility index (Phi) is 3.16. The smallest absolute Gasteiger partial charge is 0.197 e. The van der Waals surface area contributed by atoms with Crippen LogP contribution in [0.5, 0.6) is 0 Å². The molecule has 0 bridgehead atoms. The number of rotatable bonds is 3. The molecule has 14 heavy (non-hydrogen) atoms. The van der Waals surface area contributed by atoms with E-state index >= 15 is 0 Å². The van der Waals surface area contributed by atoms with E-state index in [1.807, 2.05) is 11.4 Å². The minimum atomic E-state index is -0.115. The number of hydrogen-bond acceptors (Lipinski definition) is 2. The van der Waals surface area contributed by atoms with Gasteiger partial charge in [0.25, 0.3) is 0 Å². The summed E-state index contributed by atoms with van der Waals surface area (Å²) in [6.07, 6.45) is 2.34. The average molecular weight is 247 g/mol. The molecule has 2 rings (SSSR count). The zero-order chi connectivity index (χ0) is 9.97. The molecule has 0 aliphatic rings. The fourth-order valence-corrected chi connectivity index (χ4v) is 2.59. The molecule has 0 saturated heterocycles. The van der Waals surface area contributed by atoms with Gasteiger partial charge in [0.2, 0.25) is 0 Å². The molecule has 0 N–H and O–H groups in total. The number of hydrogen-bond donors (Lipinski definition) is 0. The Morgan fingerprint density at radius 2 is 2.29 bits per heavy atom. The van der Waals surface area contributed by atoms with Crippen LogP contribution in [-0.4, -0.2) is 0 Å². The molecule has 0 fully saturated rings. The first-order valence-electron chi connectivity index (χ1n) is 4.15. The summed E-state index contributed by atoms with van der Waals surface area (Å²) in [4.78, 5) is 0. The predicted molar refractivity (Wildman–Crippen MR) is 60.3 cm³/mol. The molecule has 0 amide bonds. The van der Waals surface area contributed by atoms with Gasteiger partial charge in [0, 0.05) is 5.56 Å². The molecular formula is C10H8Cl2OS. The summed E-state index contributed by atoms with van der Waals surface area (Å²) in [7, 11) is 0. The van der Waals surface area contributed by atoms with Crippen LogP contribution in [0.25, 0.3) is 0 Å². The van der Waals surface area contributed by atoms with Crippen molar-refractivity contribution in [3.05, 3.63) is 45.5 Å². The molecule has 1 unspecified atom stereocenters.